The molecule has 5 rings (SSSR count). The van der Waals surface area contributed by atoms with Crippen LogP contribution in [0.25, 0.3) is 16.0 Å². The predicted octanol–water partition coefficient (Wildman–Crippen LogP) is 7.14. The maximum Gasteiger partial charge on any atom is 0.301 e. The van der Waals surface area contributed by atoms with E-state index in [9.17, 15) is 14.7 Å². The van der Waals surface area contributed by atoms with Gasteiger partial charge in [-0.05, 0) is 78.9 Å². The maximum atomic E-state index is 13.7. The van der Waals surface area contributed by atoms with Crippen LogP contribution in [0.15, 0.2) is 72.3 Å². The lowest BCUT2D eigenvalue weighted by Crippen LogP contribution is -2.29. The van der Waals surface area contributed by atoms with Gasteiger partial charge in [-0.3, -0.25) is 14.5 Å². The van der Waals surface area contributed by atoms with Gasteiger partial charge in [-0.1, -0.05) is 44.2 Å². The van der Waals surface area contributed by atoms with Crippen LogP contribution in [0.2, 0.25) is 0 Å². The first-order valence-corrected chi connectivity index (χ1v) is 14.8. The molecule has 1 amide bonds. The van der Waals surface area contributed by atoms with Crippen molar-refractivity contribution in [2.45, 2.75) is 39.7 Å². The van der Waals surface area contributed by atoms with E-state index in [4.69, 9.17) is 19.2 Å². The summed E-state index contributed by atoms with van der Waals surface area (Å²) in [7, 11) is 1.58. The van der Waals surface area contributed by atoms with Gasteiger partial charge in [0.25, 0.3) is 5.78 Å². The Morgan fingerprint density at radius 2 is 1.71 bits per heavy atom. The molecule has 0 aliphatic carbocycles. The highest BCUT2D eigenvalue weighted by Crippen LogP contribution is 2.45. The zero-order chi connectivity index (χ0) is 29.8. The summed E-state index contributed by atoms with van der Waals surface area (Å²) in [6, 6.07) is 18.7. The van der Waals surface area contributed by atoms with Gasteiger partial charge >= 0.3 is 5.91 Å². The second-order valence-corrected chi connectivity index (χ2v) is 11.5. The van der Waals surface area contributed by atoms with Gasteiger partial charge in [-0.25, -0.2) is 4.98 Å². The fourth-order valence-corrected chi connectivity index (χ4v) is 5.76. The van der Waals surface area contributed by atoms with E-state index >= 15 is 0 Å². The Balaban J connectivity index is 1.61. The van der Waals surface area contributed by atoms with Gasteiger partial charge in [0.2, 0.25) is 0 Å². The smallest absolute Gasteiger partial charge is 0.301 e. The zero-order valence-electron chi connectivity index (χ0n) is 24.1. The number of rotatable bonds is 11. The minimum atomic E-state index is -0.919. The van der Waals surface area contributed by atoms with Crippen molar-refractivity contribution in [1.29, 1.82) is 0 Å². The summed E-state index contributed by atoms with van der Waals surface area (Å²) in [5.74, 6) is 0.600. The van der Waals surface area contributed by atoms with Crippen LogP contribution in [0.5, 0.6) is 17.2 Å². The molecule has 1 aliphatic rings. The predicted molar refractivity (Wildman–Crippen MR) is 165 cm³/mol. The number of fused-ring (bicyclic) bond motifs is 1. The number of methoxy groups -OCH3 is 1. The number of hydrogen-bond acceptors (Lipinski definition) is 8. The average molecular weight is 587 g/mol. The van der Waals surface area contributed by atoms with Crippen LogP contribution in [-0.4, -0.2) is 42.1 Å². The number of hydrogen-bond donors (Lipinski definition) is 1. The molecule has 0 radical (unpaired) electrons. The van der Waals surface area contributed by atoms with Gasteiger partial charge in [0, 0.05) is 5.56 Å². The number of amides is 1. The van der Waals surface area contributed by atoms with Crippen molar-refractivity contribution in [3.8, 4) is 17.2 Å². The topological polar surface area (TPSA) is 98.2 Å². The van der Waals surface area contributed by atoms with Crippen LogP contribution >= 0.6 is 11.3 Å². The van der Waals surface area contributed by atoms with E-state index < -0.39 is 17.7 Å². The minimum Gasteiger partial charge on any atom is -0.507 e. The molecule has 2 heterocycles. The lowest BCUT2D eigenvalue weighted by molar-refractivity contribution is -0.132. The molecule has 0 spiro atoms. The summed E-state index contributed by atoms with van der Waals surface area (Å²) >= 11 is 1.28. The van der Waals surface area contributed by atoms with E-state index in [0.717, 1.165) is 17.5 Å². The SMILES string of the molecule is CCCOc1ccc(/C(O)=C2\C(=O)C(=O)N(c3nc4ccc(OC)cc4s3)C2c2cccc(OCCC(C)C)c2)cc1. The van der Waals surface area contributed by atoms with Crippen LogP contribution < -0.4 is 19.1 Å². The molecule has 1 N–H and O–H groups in total. The number of nitrogens with zero attached hydrogens (tertiary/aromatic N) is 2. The summed E-state index contributed by atoms with van der Waals surface area (Å²) < 4.78 is 17.8. The largest absolute Gasteiger partial charge is 0.507 e. The van der Waals surface area contributed by atoms with Crippen molar-refractivity contribution < 1.29 is 28.9 Å². The first-order chi connectivity index (χ1) is 20.3. The number of carbonyl (C=O) groups excluding carboxylic acids is 2. The molecular weight excluding hydrogens is 552 g/mol. The Bertz CT molecular complexity index is 1630. The van der Waals surface area contributed by atoms with Crippen LogP contribution in [0, 0.1) is 5.92 Å². The van der Waals surface area contributed by atoms with Gasteiger partial charge in [0.15, 0.2) is 5.13 Å². The van der Waals surface area contributed by atoms with Gasteiger partial charge in [-0.15, -0.1) is 0 Å². The zero-order valence-corrected chi connectivity index (χ0v) is 24.9. The van der Waals surface area contributed by atoms with Crippen LogP contribution in [0.4, 0.5) is 5.13 Å². The summed E-state index contributed by atoms with van der Waals surface area (Å²) in [5.41, 5.74) is 1.68. The summed E-state index contributed by atoms with van der Waals surface area (Å²) in [5, 5.41) is 11.9. The molecule has 8 nitrogen and oxygen atoms in total. The molecule has 0 bridgehead atoms. The van der Waals surface area contributed by atoms with Gasteiger partial charge in [0.1, 0.15) is 23.0 Å². The minimum absolute atomic E-state index is 0.0154. The fourth-order valence-electron chi connectivity index (χ4n) is 4.74. The maximum absolute atomic E-state index is 13.7. The number of anilines is 1. The number of aliphatic hydroxyl groups is 1. The van der Waals surface area contributed by atoms with Crippen LogP contribution in [0.1, 0.15) is 50.8 Å². The number of carbonyl (C=O) groups is 2. The summed E-state index contributed by atoms with van der Waals surface area (Å²) in [6.07, 6.45) is 1.75. The van der Waals surface area contributed by atoms with Crippen molar-refractivity contribution in [1.82, 2.24) is 4.98 Å². The van der Waals surface area contributed by atoms with E-state index in [1.54, 1.807) is 37.4 Å². The highest BCUT2D eigenvalue weighted by molar-refractivity contribution is 7.22. The lowest BCUT2D eigenvalue weighted by atomic mass is 9.95. The van der Waals surface area contributed by atoms with Crippen molar-refractivity contribution in [2.75, 3.05) is 25.2 Å². The van der Waals surface area contributed by atoms with Crippen LogP contribution in [0.3, 0.4) is 0 Å². The number of Topliss-reactive ketones (excluding diaryl/α,β-unsaturated/α-hetero) is 1. The van der Waals surface area contributed by atoms with Crippen molar-refractivity contribution in [2.24, 2.45) is 5.92 Å². The van der Waals surface area contributed by atoms with Crippen LogP contribution in [-0.2, 0) is 9.59 Å². The highest BCUT2D eigenvalue weighted by Gasteiger charge is 2.48. The van der Waals surface area contributed by atoms with E-state index in [2.05, 4.69) is 13.8 Å². The van der Waals surface area contributed by atoms with E-state index in [1.165, 1.54) is 16.2 Å². The molecule has 1 fully saturated rings. The second kappa shape index (κ2) is 12.7. The molecule has 1 unspecified atom stereocenters. The molecule has 9 heteroatoms. The number of ketones is 1. The number of aromatic nitrogens is 1. The third kappa shape index (κ3) is 5.97. The van der Waals surface area contributed by atoms with Crippen molar-refractivity contribution in [3.63, 3.8) is 0 Å². The monoisotopic (exact) mass is 586 g/mol. The number of benzene rings is 3. The molecule has 218 valence electrons. The number of aliphatic hydroxyl groups excluding tert-OH is 1. The molecule has 4 aromatic rings. The molecule has 0 saturated carbocycles. The highest BCUT2D eigenvalue weighted by atomic mass is 32.1. The molecule has 1 aliphatic heterocycles. The van der Waals surface area contributed by atoms with Gasteiger partial charge in [0.05, 0.1) is 42.2 Å². The van der Waals surface area contributed by atoms with E-state index in [0.29, 0.717) is 58.2 Å². The molecule has 3 aromatic carbocycles. The Morgan fingerprint density at radius 3 is 2.43 bits per heavy atom. The molecular formula is C33H34N2O6S. The number of thiazole rings is 1. The van der Waals surface area contributed by atoms with Gasteiger partial charge < -0.3 is 19.3 Å². The summed E-state index contributed by atoms with van der Waals surface area (Å²) in [4.78, 5) is 33.4. The molecule has 42 heavy (non-hydrogen) atoms. The first-order valence-electron chi connectivity index (χ1n) is 14.0. The first kappa shape index (κ1) is 29.1. The van der Waals surface area contributed by atoms with E-state index in [-0.39, 0.29) is 11.3 Å². The Hall–Kier alpha value is -4.37. The molecule has 1 aromatic heterocycles. The Morgan fingerprint density at radius 1 is 0.976 bits per heavy atom. The third-order valence-corrected chi connectivity index (χ3v) is 7.99. The van der Waals surface area contributed by atoms with Gasteiger partial charge in [-0.2, -0.15) is 0 Å². The van der Waals surface area contributed by atoms with Crippen molar-refractivity contribution in [3.05, 3.63) is 83.4 Å². The lowest BCUT2D eigenvalue weighted by Gasteiger charge is -2.23. The quantitative estimate of drug-likeness (QED) is 0.113. The third-order valence-electron chi connectivity index (χ3n) is 6.97. The standard InChI is InChI=1S/C33H34N2O6S/c1-5-16-40-23-11-9-21(10-12-23)30(36)28-29(22-7-6-8-25(18-22)41-17-15-20(2)3)35(32(38)31(28)37)33-34-26-14-13-24(39-4)19-27(26)42-33/h6-14,18-20,29,36H,5,15-17H2,1-4H3/b30-28+. The fraction of sp³-hybridized carbons (Fsp3) is 0.303. The Labute approximate surface area is 249 Å². The average Bonchev–Trinajstić information content (AvgIpc) is 3.53. The molecule has 1 atom stereocenters. The Kier molecular flexibility index (Phi) is 8.77. The molecule has 1 saturated heterocycles. The normalized spacial score (nSPS) is 16.4. The summed E-state index contributed by atoms with van der Waals surface area (Å²) in [6.45, 7) is 7.38. The van der Waals surface area contributed by atoms with Crippen molar-refractivity contribution >= 4 is 44.1 Å². The second-order valence-electron chi connectivity index (χ2n) is 10.5. The van der Waals surface area contributed by atoms with E-state index in [1.807, 2.05) is 43.3 Å². The number of ether oxygens (including phenoxy) is 3.